The van der Waals surface area contributed by atoms with Gasteiger partial charge in [-0.15, -0.1) is 0 Å². The van der Waals surface area contributed by atoms with E-state index < -0.39 is 12.7 Å². The fourth-order valence-electron chi connectivity index (χ4n) is 1.97. The molecule has 2 N–H and O–H groups in total. The van der Waals surface area contributed by atoms with Crippen LogP contribution in [0.15, 0.2) is 18.3 Å². The molecule has 1 atom stereocenters. The standard InChI is InChI=1S/C14H22F3N3/c1-4-12(18)8-11-6-5-7-19-13(11)20(10(2)3)9-14(15,16)17/h5-7,10,12H,4,8-9,18H2,1-3H3. The highest BCUT2D eigenvalue weighted by Crippen LogP contribution is 2.26. The second kappa shape index (κ2) is 6.92. The number of rotatable bonds is 6. The SMILES string of the molecule is CCC(N)Cc1cccnc1N(CC(F)(F)F)C(C)C. The Morgan fingerprint density at radius 2 is 2.00 bits per heavy atom. The first-order chi connectivity index (χ1) is 9.24. The van der Waals surface area contributed by atoms with E-state index in [4.69, 9.17) is 5.73 Å². The van der Waals surface area contributed by atoms with Crippen molar-refractivity contribution in [3.8, 4) is 0 Å². The molecule has 1 unspecified atom stereocenters. The number of hydrogen-bond acceptors (Lipinski definition) is 3. The maximum absolute atomic E-state index is 12.7. The van der Waals surface area contributed by atoms with Crippen molar-refractivity contribution in [2.45, 2.75) is 51.9 Å². The predicted octanol–water partition coefficient (Wildman–Crippen LogP) is 3.14. The number of nitrogens with zero attached hydrogens (tertiary/aromatic N) is 2. The summed E-state index contributed by atoms with van der Waals surface area (Å²) in [4.78, 5) is 5.42. The molecule has 0 aliphatic rings. The molecule has 0 spiro atoms. The zero-order valence-corrected chi connectivity index (χ0v) is 12.1. The van der Waals surface area contributed by atoms with Gasteiger partial charge in [0.05, 0.1) is 0 Å². The number of pyridine rings is 1. The van der Waals surface area contributed by atoms with Gasteiger partial charge in [0.15, 0.2) is 0 Å². The molecule has 0 aromatic carbocycles. The van der Waals surface area contributed by atoms with Gasteiger partial charge in [0.25, 0.3) is 0 Å². The van der Waals surface area contributed by atoms with Crippen molar-refractivity contribution < 1.29 is 13.2 Å². The first-order valence-corrected chi connectivity index (χ1v) is 6.77. The summed E-state index contributed by atoms with van der Waals surface area (Å²) in [6, 6.07) is 3.16. The van der Waals surface area contributed by atoms with E-state index in [1.165, 1.54) is 11.1 Å². The summed E-state index contributed by atoms with van der Waals surface area (Å²) >= 11 is 0. The molecule has 1 heterocycles. The zero-order chi connectivity index (χ0) is 15.3. The summed E-state index contributed by atoms with van der Waals surface area (Å²) in [5, 5.41) is 0. The van der Waals surface area contributed by atoms with Gasteiger partial charge in [-0.25, -0.2) is 4.98 Å². The first-order valence-electron chi connectivity index (χ1n) is 6.77. The molecule has 6 heteroatoms. The van der Waals surface area contributed by atoms with Gasteiger partial charge in [0.2, 0.25) is 0 Å². The van der Waals surface area contributed by atoms with Crippen molar-refractivity contribution in [1.29, 1.82) is 0 Å². The van der Waals surface area contributed by atoms with Crippen LogP contribution in [0, 0.1) is 0 Å². The number of alkyl halides is 3. The van der Waals surface area contributed by atoms with Gasteiger partial charge in [-0.2, -0.15) is 13.2 Å². The van der Waals surface area contributed by atoms with E-state index in [0.29, 0.717) is 12.2 Å². The van der Waals surface area contributed by atoms with Gasteiger partial charge in [-0.1, -0.05) is 13.0 Å². The molecule has 0 fully saturated rings. The summed E-state index contributed by atoms with van der Waals surface area (Å²) in [7, 11) is 0. The molecule has 0 saturated heterocycles. The lowest BCUT2D eigenvalue weighted by atomic mass is 10.0. The summed E-state index contributed by atoms with van der Waals surface area (Å²) in [6.07, 6.45) is -1.44. The quantitative estimate of drug-likeness (QED) is 0.875. The van der Waals surface area contributed by atoms with Crippen LogP contribution in [0.1, 0.15) is 32.8 Å². The minimum Gasteiger partial charge on any atom is -0.345 e. The number of halogens is 3. The summed E-state index contributed by atoms with van der Waals surface area (Å²) in [5.41, 5.74) is 6.67. The molecule has 0 amide bonds. The zero-order valence-electron chi connectivity index (χ0n) is 12.1. The van der Waals surface area contributed by atoms with E-state index in [-0.39, 0.29) is 12.1 Å². The average Bonchev–Trinajstić information content (AvgIpc) is 2.35. The Labute approximate surface area is 118 Å². The Hall–Kier alpha value is -1.30. The highest BCUT2D eigenvalue weighted by molar-refractivity contribution is 5.48. The third-order valence-electron chi connectivity index (χ3n) is 3.12. The molecule has 20 heavy (non-hydrogen) atoms. The van der Waals surface area contributed by atoms with Crippen LogP contribution in [0.3, 0.4) is 0 Å². The Kier molecular flexibility index (Phi) is 5.80. The first kappa shape index (κ1) is 16.8. The molecule has 1 aromatic rings. The van der Waals surface area contributed by atoms with Crippen LogP contribution in [0.25, 0.3) is 0 Å². The number of nitrogens with two attached hydrogens (primary N) is 1. The third kappa shape index (κ3) is 5.00. The van der Waals surface area contributed by atoms with Crippen molar-refractivity contribution in [1.82, 2.24) is 4.98 Å². The third-order valence-corrected chi connectivity index (χ3v) is 3.12. The number of anilines is 1. The topological polar surface area (TPSA) is 42.1 Å². The number of hydrogen-bond donors (Lipinski definition) is 1. The molecule has 1 rings (SSSR count). The van der Waals surface area contributed by atoms with Gasteiger partial charge in [-0.05, 0) is 38.3 Å². The fourth-order valence-corrected chi connectivity index (χ4v) is 1.97. The van der Waals surface area contributed by atoms with Crippen LogP contribution in [-0.4, -0.2) is 29.8 Å². The highest BCUT2D eigenvalue weighted by Gasteiger charge is 2.33. The van der Waals surface area contributed by atoms with Crippen molar-refractivity contribution in [2.24, 2.45) is 5.73 Å². The minimum absolute atomic E-state index is 0.0714. The van der Waals surface area contributed by atoms with Crippen LogP contribution >= 0.6 is 0 Å². The van der Waals surface area contributed by atoms with Crippen LogP contribution in [0.4, 0.5) is 19.0 Å². The maximum atomic E-state index is 12.7. The van der Waals surface area contributed by atoms with Crippen LogP contribution in [0.2, 0.25) is 0 Å². The van der Waals surface area contributed by atoms with Gasteiger partial charge in [0.1, 0.15) is 12.4 Å². The molecule has 3 nitrogen and oxygen atoms in total. The normalized spacial score (nSPS) is 13.6. The van der Waals surface area contributed by atoms with Gasteiger partial charge >= 0.3 is 6.18 Å². The second-order valence-corrected chi connectivity index (χ2v) is 5.20. The molecular formula is C14H22F3N3. The van der Waals surface area contributed by atoms with Crippen molar-refractivity contribution in [3.63, 3.8) is 0 Å². The smallest absolute Gasteiger partial charge is 0.345 e. The summed E-state index contributed by atoms with van der Waals surface area (Å²) < 4.78 is 38.2. The lowest BCUT2D eigenvalue weighted by Crippen LogP contribution is -2.40. The molecule has 114 valence electrons. The van der Waals surface area contributed by atoms with Crippen LogP contribution in [-0.2, 0) is 6.42 Å². The van der Waals surface area contributed by atoms with E-state index in [0.717, 1.165) is 12.0 Å². The Bertz CT molecular complexity index is 418. The highest BCUT2D eigenvalue weighted by atomic mass is 19.4. The monoisotopic (exact) mass is 289 g/mol. The summed E-state index contributed by atoms with van der Waals surface area (Å²) in [6.45, 7) is 4.40. The lowest BCUT2D eigenvalue weighted by Gasteiger charge is -2.30. The Morgan fingerprint density at radius 3 is 2.50 bits per heavy atom. The van der Waals surface area contributed by atoms with Crippen molar-refractivity contribution >= 4 is 5.82 Å². The number of aromatic nitrogens is 1. The molecule has 0 saturated carbocycles. The minimum atomic E-state index is -4.26. The predicted molar refractivity (Wildman–Crippen MR) is 74.7 cm³/mol. The van der Waals surface area contributed by atoms with E-state index in [1.807, 2.05) is 6.92 Å². The van der Waals surface area contributed by atoms with E-state index in [9.17, 15) is 13.2 Å². The van der Waals surface area contributed by atoms with Crippen LogP contribution in [0.5, 0.6) is 0 Å². The van der Waals surface area contributed by atoms with Crippen molar-refractivity contribution in [3.05, 3.63) is 23.9 Å². The molecule has 0 aliphatic carbocycles. The Morgan fingerprint density at radius 1 is 1.35 bits per heavy atom. The van der Waals surface area contributed by atoms with Crippen molar-refractivity contribution in [2.75, 3.05) is 11.4 Å². The molecular weight excluding hydrogens is 267 g/mol. The fraction of sp³-hybridized carbons (Fsp3) is 0.643. The second-order valence-electron chi connectivity index (χ2n) is 5.20. The van der Waals surface area contributed by atoms with Crippen LogP contribution < -0.4 is 10.6 Å². The van der Waals surface area contributed by atoms with E-state index in [2.05, 4.69) is 4.98 Å². The Balaban J connectivity index is 3.07. The van der Waals surface area contributed by atoms with E-state index >= 15 is 0 Å². The average molecular weight is 289 g/mol. The molecule has 0 radical (unpaired) electrons. The molecule has 0 aliphatic heterocycles. The van der Waals surface area contributed by atoms with Gasteiger partial charge in [-0.3, -0.25) is 0 Å². The lowest BCUT2D eigenvalue weighted by molar-refractivity contribution is -0.120. The largest absolute Gasteiger partial charge is 0.405 e. The summed E-state index contributed by atoms with van der Waals surface area (Å²) in [5.74, 6) is 0.378. The van der Waals surface area contributed by atoms with E-state index in [1.54, 1.807) is 26.0 Å². The molecule has 0 bridgehead atoms. The maximum Gasteiger partial charge on any atom is 0.405 e. The molecule has 1 aromatic heterocycles. The van der Waals surface area contributed by atoms with Gasteiger partial charge < -0.3 is 10.6 Å². The van der Waals surface area contributed by atoms with Gasteiger partial charge in [0, 0.05) is 18.3 Å².